The van der Waals surface area contributed by atoms with E-state index in [0.717, 1.165) is 19.3 Å². The van der Waals surface area contributed by atoms with Gasteiger partial charge in [0.2, 0.25) is 0 Å². The lowest BCUT2D eigenvalue weighted by molar-refractivity contribution is -0.185. The van der Waals surface area contributed by atoms with Gasteiger partial charge in [-0.15, -0.1) is 11.6 Å². The SMILES string of the molecule is O=C(On1ccccc1=S)C12CC(Cl)(C1)C2. The summed E-state index contributed by atoms with van der Waals surface area (Å²) in [5.41, 5.74) is -0.327. The number of alkyl halides is 1. The first-order valence-electron chi connectivity index (χ1n) is 5.13. The van der Waals surface area contributed by atoms with Crippen molar-refractivity contribution < 1.29 is 9.63 Å². The van der Waals surface area contributed by atoms with E-state index in [0.29, 0.717) is 4.64 Å². The number of carbonyl (C=O) groups is 1. The number of hydrogen-bond donors (Lipinski definition) is 0. The van der Waals surface area contributed by atoms with Crippen LogP contribution in [0.25, 0.3) is 0 Å². The van der Waals surface area contributed by atoms with Gasteiger partial charge in [0.05, 0.1) is 5.41 Å². The molecule has 0 aliphatic heterocycles. The standard InChI is InChI=1S/C11H10ClNO2S/c12-11-5-10(6-11,7-11)9(14)15-13-4-2-1-3-8(13)16/h1-4H,5-7H2. The van der Waals surface area contributed by atoms with E-state index in [1.165, 1.54) is 4.73 Å². The molecule has 3 saturated carbocycles. The quantitative estimate of drug-likeness (QED) is 0.600. The average molecular weight is 256 g/mol. The van der Waals surface area contributed by atoms with Crippen molar-refractivity contribution in [2.75, 3.05) is 0 Å². The minimum Gasteiger partial charge on any atom is -0.335 e. The van der Waals surface area contributed by atoms with Gasteiger partial charge in [0.15, 0.2) is 0 Å². The van der Waals surface area contributed by atoms with Gasteiger partial charge in [0, 0.05) is 11.1 Å². The summed E-state index contributed by atoms with van der Waals surface area (Å²) >= 11 is 11.1. The second-order valence-corrected chi connectivity index (χ2v) is 5.93. The normalized spacial score (nSPS) is 34.8. The van der Waals surface area contributed by atoms with Crippen LogP contribution in [0.4, 0.5) is 0 Å². The number of aromatic nitrogens is 1. The molecule has 3 aliphatic rings. The highest BCUT2D eigenvalue weighted by molar-refractivity contribution is 7.71. The van der Waals surface area contributed by atoms with Gasteiger partial charge >= 0.3 is 5.97 Å². The van der Waals surface area contributed by atoms with Crippen LogP contribution in [0.1, 0.15) is 19.3 Å². The second kappa shape index (κ2) is 3.08. The monoisotopic (exact) mass is 255 g/mol. The summed E-state index contributed by atoms with van der Waals surface area (Å²) in [5.74, 6) is -0.211. The van der Waals surface area contributed by atoms with Crippen LogP contribution in [0.3, 0.4) is 0 Å². The van der Waals surface area contributed by atoms with E-state index in [-0.39, 0.29) is 16.3 Å². The van der Waals surface area contributed by atoms with E-state index >= 15 is 0 Å². The fourth-order valence-electron chi connectivity index (χ4n) is 2.55. The van der Waals surface area contributed by atoms with Gasteiger partial charge in [-0.25, -0.2) is 4.79 Å². The number of halogens is 1. The second-order valence-electron chi connectivity index (χ2n) is 4.70. The van der Waals surface area contributed by atoms with Crippen LogP contribution in [0.15, 0.2) is 24.4 Å². The Morgan fingerprint density at radius 3 is 2.69 bits per heavy atom. The molecule has 5 heteroatoms. The van der Waals surface area contributed by atoms with Gasteiger partial charge in [-0.2, -0.15) is 4.73 Å². The third kappa shape index (κ3) is 1.33. The van der Waals surface area contributed by atoms with Gasteiger partial charge < -0.3 is 4.84 Å². The summed E-state index contributed by atoms with van der Waals surface area (Å²) < 4.78 is 1.82. The van der Waals surface area contributed by atoms with Gasteiger partial charge in [-0.05, 0) is 31.4 Å². The van der Waals surface area contributed by atoms with Gasteiger partial charge in [-0.1, -0.05) is 18.3 Å². The lowest BCUT2D eigenvalue weighted by Crippen LogP contribution is -2.68. The summed E-state index contributed by atoms with van der Waals surface area (Å²) in [6, 6.07) is 5.29. The molecule has 0 N–H and O–H groups in total. The number of carbonyl (C=O) groups excluding carboxylic acids is 1. The van der Waals surface area contributed by atoms with Crippen molar-refractivity contribution >= 4 is 29.8 Å². The van der Waals surface area contributed by atoms with Gasteiger partial charge in [0.1, 0.15) is 4.64 Å². The molecule has 1 heterocycles. The topological polar surface area (TPSA) is 31.2 Å². The van der Waals surface area contributed by atoms with Gasteiger partial charge in [0.25, 0.3) is 0 Å². The lowest BCUT2D eigenvalue weighted by atomic mass is 9.44. The number of nitrogens with zero attached hydrogens (tertiary/aromatic N) is 1. The minimum absolute atomic E-state index is 0.114. The van der Waals surface area contributed by atoms with Crippen molar-refractivity contribution in [1.29, 1.82) is 0 Å². The Kier molecular flexibility index (Phi) is 1.98. The predicted molar refractivity (Wildman–Crippen MR) is 61.7 cm³/mol. The number of hydrogen-bond acceptors (Lipinski definition) is 3. The summed E-state index contributed by atoms with van der Waals surface area (Å²) in [5, 5.41) is 0. The van der Waals surface area contributed by atoms with E-state index < -0.39 is 0 Å². The van der Waals surface area contributed by atoms with Crippen LogP contribution in [0.5, 0.6) is 0 Å². The van der Waals surface area contributed by atoms with Crippen molar-refractivity contribution in [2.24, 2.45) is 5.41 Å². The Labute approximate surface area is 103 Å². The molecule has 0 unspecified atom stereocenters. The van der Waals surface area contributed by atoms with Crippen LogP contribution in [-0.2, 0) is 4.79 Å². The zero-order valence-electron chi connectivity index (χ0n) is 8.48. The van der Waals surface area contributed by atoms with Crippen molar-refractivity contribution in [3.8, 4) is 0 Å². The van der Waals surface area contributed by atoms with Crippen molar-refractivity contribution in [1.82, 2.24) is 4.73 Å². The molecule has 1 aromatic rings. The Morgan fingerprint density at radius 2 is 2.12 bits per heavy atom. The van der Waals surface area contributed by atoms with E-state index in [1.54, 1.807) is 24.4 Å². The first-order valence-corrected chi connectivity index (χ1v) is 5.91. The highest BCUT2D eigenvalue weighted by Crippen LogP contribution is 2.70. The molecule has 0 aromatic carbocycles. The van der Waals surface area contributed by atoms with Crippen molar-refractivity contribution in [2.45, 2.75) is 24.1 Å². The van der Waals surface area contributed by atoms with E-state index in [1.807, 2.05) is 0 Å². The zero-order valence-corrected chi connectivity index (χ0v) is 10.1. The number of pyridine rings is 1. The van der Waals surface area contributed by atoms with Crippen molar-refractivity contribution in [3.05, 3.63) is 29.0 Å². The van der Waals surface area contributed by atoms with Crippen LogP contribution < -0.4 is 4.84 Å². The predicted octanol–water partition coefficient (Wildman–Crippen LogP) is 2.33. The molecule has 0 atom stereocenters. The Hall–Kier alpha value is -0.870. The maximum absolute atomic E-state index is 11.9. The first-order chi connectivity index (χ1) is 7.53. The van der Waals surface area contributed by atoms with E-state index in [9.17, 15) is 4.79 Å². The fourth-order valence-corrected chi connectivity index (χ4v) is 3.50. The molecule has 2 bridgehead atoms. The average Bonchev–Trinajstić information content (AvgIpc) is 2.15. The maximum atomic E-state index is 11.9. The highest BCUT2D eigenvalue weighted by Gasteiger charge is 2.72. The summed E-state index contributed by atoms with van der Waals surface area (Å²) in [7, 11) is 0. The molecule has 3 nitrogen and oxygen atoms in total. The van der Waals surface area contributed by atoms with Gasteiger partial charge in [-0.3, -0.25) is 0 Å². The summed E-state index contributed by atoms with van der Waals surface area (Å²) in [6.07, 6.45) is 3.85. The third-order valence-electron chi connectivity index (χ3n) is 3.37. The van der Waals surface area contributed by atoms with Crippen LogP contribution in [0.2, 0.25) is 0 Å². The highest BCUT2D eigenvalue weighted by atomic mass is 35.5. The molecule has 1 aromatic heterocycles. The number of rotatable bonds is 2. The molecule has 3 fully saturated rings. The molecule has 4 rings (SSSR count). The van der Waals surface area contributed by atoms with E-state index in [2.05, 4.69) is 0 Å². The molecule has 0 saturated heterocycles. The Balaban J connectivity index is 1.75. The maximum Gasteiger partial charge on any atom is 0.339 e. The van der Waals surface area contributed by atoms with Crippen LogP contribution >= 0.6 is 23.8 Å². The summed E-state index contributed by atoms with van der Waals surface area (Å²) in [4.78, 5) is 17.0. The molecule has 0 radical (unpaired) electrons. The van der Waals surface area contributed by atoms with Crippen molar-refractivity contribution in [3.63, 3.8) is 0 Å². The molecule has 0 amide bonds. The lowest BCUT2D eigenvalue weighted by Gasteiger charge is -2.64. The first kappa shape index (κ1) is 10.3. The Morgan fingerprint density at radius 1 is 1.44 bits per heavy atom. The molecule has 0 spiro atoms. The van der Waals surface area contributed by atoms with Crippen LogP contribution in [-0.4, -0.2) is 15.6 Å². The minimum atomic E-state index is -0.327. The van der Waals surface area contributed by atoms with Crippen LogP contribution in [0, 0.1) is 10.1 Å². The molecular formula is C11H10ClNO2S. The molecule has 84 valence electrons. The fraction of sp³-hybridized carbons (Fsp3) is 0.455. The zero-order chi connectivity index (χ0) is 11.4. The van der Waals surface area contributed by atoms with E-state index in [4.69, 9.17) is 28.7 Å². The molecule has 3 aliphatic carbocycles. The summed E-state index contributed by atoms with van der Waals surface area (Å²) in [6.45, 7) is 0. The Bertz CT molecular complexity index is 505. The molecular weight excluding hydrogens is 246 g/mol. The molecule has 16 heavy (non-hydrogen) atoms. The third-order valence-corrected chi connectivity index (χ3v) is 4.09. The smallest absolute Gasteiger partial charge is 0.335 e. The largest absolute Gasteiger partial charge is 0.339 e.